The van der Waals surface area contributed by atoms with Crippen LogP contribution in [0, 0.1) is 19.8 Å². The Balaban J connectivity index is -0.000000234. The summed E-state index contributed by atoms with van der Waals surface area (Å²) < 4.78 is 17.4. The van der Waals surface area contributed by atoms with Gasteiger partial charge in [-0.25, -0.2) is 4.39 Å². The van der Waals surface area contributed by atoms with Crippen molar-refractivity contribution in [3.8, 4) is 5.75 Å². The Kier molecular flexibility index (Phi) is 39.9. The number of aldehydes is 2. The highest BCUT2D eigenvalue weighted by molar-refractivity contribution is 7.99. The van der Waals surface area contributed by atoms with Gasteiger partial charge in [-0.05, 0) is 107 Å². The number of halogens is 1. The molecule has 0 saturated carbocycles. The lowest BCUT2D eigenvalue weighted by molar-refractivity contribution is -0.106. The van der Waals surface area contributed by atoms with Crippen LogP contribution in [0.1, 0.15) is 109 Å². The molecule has 0 aliphatic heterocycles. The number of alkyl halides is 1. The number of hydrogen-bond acceptors (Lipinski definition) is 6. The molecule has 0 aliphatic rings. The molecule has 5 nitrogen and oxygen atoms in total. The number of aryl methyl sites for hydroxylation is 3. The summed E-state index contributed by atoms with van der Waals surface area (Å²) in [6.07, 6.45) is 5.00. The van der Waals surface area contributed by atoms with Crippen LogP contribution in [-0.2, 0) is 11.2 Å². The molecular weight excluding hydrogens is 559 g/mol. The van der Waals surface area contributed by atoms with E-state index in [1.165, 1.54) is 49.1 Å². The Labute approximate surface area is 269 Å². The fraction of sp³-hybridized carbons (Fsp3) is 0.611. The maximum Gasteiger partial charge on any atom is 0.235 e. The molecule has 0 aliphatic carbocycles. The monoisotopic (exact) mass is 624 g/mol. The molecule has 0 amide bonds. The van der Waals surface area contributed by atoms with E-state index in [0.717, 1.165) is 43.4 Å². The van der Waals surface area contributed by atoms with Crippen molar-refractivity contribution in [3.05, 3.63) is 64.7 Å². The first kappa shape index (κ1) is 47.7. The second-order valence-corrected chi connectivity index (χ2v) is 11.4. The lowest BCUT2D eigenvalue weighted by Crippen LogP contribution is -2.23. The first-order chi connectivity index (χ1) is 20.4. The Morgan fingerprint density at radius 3 is 1.95 bits per heavy atom. The van der Waals surface area contributed by atoms with Crippen LogP contribution in [0.3, 0.4) is 0 Å². The second kappa shape index (κ2) is 36.0. The number of carbonyl (C=O) groups excluding carboxylic acids is 2. The molecule has 0 spiro atoms. The van der Waals surface area contributed by atoms with E-state index >= 15 is 0 Å². The smallest absolute Gasteiger partial charge is 0.235 e. The van der Waals surface area contributed by atoms with Gasteiger partial charge in [0.2, 0.25) is 6.36 Å². The third-order valence-corrected chi connectivity index (χ3v) is 6.19. The van der Waals surface area contributed by atoms with Gasteiger partial charge in [-0.1, -0.05) is 79.2 Å². The van der Waals surface area contributed by atoms with Gasteiger partial charge in [-0.2, -0.15) is 0 Å². The Morgan fingerprint density at radius 2 is 1.53 bits per heavy atom. The Hall–Kier alpha value is -2.22. The van der Waals surface area contributed by atoms with Crippen LogP contribution in [-0.4, -0.2) is 50.7 Å². The number of thioether (sulfide) groups is 1. The van der Waals surface area contributed by atoms with Gasteiger partial charge in [-0.15, -0.1) is 11.8 Å². The molecule has 2 atom stereocenters. The average molecular weight is 625 g/mol. The van der Waals surface area contributed by atoms with Crippen molar-refractivity contribution < 1.29 is 18.7 Å². The van der Waals surface area contributed by atoms with Gasteiger partial charge >= 0.3 is 0 Å². The maximum atomic E-state index is 12.5. The number of hydrogen-bond donors (Lipinski definition) is 2. The number of nitrogens with one attached hydrogen (secondary N) is 2. The lowest BCUT2D eigenvalue weighted by atomic mass is 10.1. The van der Waals surface area contributed by atoms with Crippen molar-refractivity contribution in [3.63, 3.8) is 0 Å². The van der Waals surface area contributed by atoms with Crippen molar-refractivity contribution in [1.82, 2.24) is 10.6 Å². The van der Waals surface area contributed by atoms with Gasteiger partial charge in [0.15, 0.2) is 0 Å². The minimum absolute atomic E-state index is 0.612. The van der Waals surface area contributed by atoms with Gasteiger partial charge in [0.05, 0.1) is 5.37 Å². The predicted molar refractivity (Wildman–Crippen MR) is 191 cm³/mol. The summed E-state index contributed by atoms with van der Waals surface area (Å²) in [5.41, 5.74) is 4.35. The molecule has 0 heterocycles. The summed E-state index contributed by atoms with van der Waals surface area (Å²) in [6, 6.07) is 13.3. The van der Waals surface area contributed by atoms with Crippen molar-refractivity contribution in [2.24, 2.45) is 5.92 Å². The van der Waals surface area contributed by atoms with E-state index in [2.05, 4.69) is 45.3 Å². The van der Waals surface area contributed by atoms with Crippen molar-refractivity contribution >= 4 is 24.3 Å². The quantitative estimate of drug-likeness (QED) is 0.139. The van der Waals surface area contributed by atoms with E-state index in [1.54, 1.807) is 6.07 Å². The highest BCUT2D eigenvalue weighted by Gasteiger charge is 2.03. The third kappa shape index (κ3) is 35.9. The molecule has 2 unspecified atom stereocenters. The molecule has 0 saturated heterocycles. The average Bonchev–Trinajstić information content (AvgIpc) is 2.96. The topological polar surface area (TPSA) is 67.4 Å². The van der Waals surface area contributed by atoms with Crippen molar-refractivity contribution in [1.29, 1.82) is 0 Å². The zero-order chi connectivity index (χ0) is 34.1. The van der Waals surface area contributed by atoms with Crippen LogP contribution in [0.15, 0.2) is 42.5 Å². The van der Waals surface area contributed by atoms with E-state index in [1.807, 2.05) is 90.0 Å². The molecular formula is C36H65FN2O3S. The normalized spacial score (nSPS) is 10.7. The van der Waals surface area contributed by atoms with Crippen LogP contribution in [0.2, 0.25) is 0 Å². The predicted octanol–water partition coefficient (Wildman–Crippen LogP) is 9.63. The minimum atomic E-state index is -1.24. The molecule has 7 heteroatoms. The summed E-state index contributed by atoms with van der Waals surface area (Å²) in [5.74, 6) is 2.64. The van der Waals surface area contributed by atoms with Crippen LogP contribution < -0.4 is 15.4 Å². The summed E-state index contributed by atoms with van der Waals surface area (Å²) in [4.78, 5) is 19.1. The van der Waals surface area contributed by atoms with Crippen molar-refractivity contribution in [2.45, 2.75) is 114 Å². The number of carbonyl (C=O) groups is 2. The Morgan fingerprint density at radius 1 is 0.953 bits per heavy atom. The zero-order valence-corrected chi connectivity index (χ0v) is 30.5. The molecule has 0 radical (unpaired) electrons. The summed E-state index contributed by atoms with van der Waals surface area (Å²) in [5, 5.41) is 7.10. The van der Waals surface area contributed by atoms with Crippen LogP contribution >= 0.6 is 11.8 Å². The molecule has 2 aromatic rings. The first-order valence-electron chi connectivity index (χ1n) is 15.7. The van der Waals surface area contributed by atoms with Crippen LogP contribution in [0.25, 0.3) is 0 Å². The first-order valence-corrected chi connectivity index (χ1v) is 16.8. The number of rotatable bonds is 12. The van der Waals surface area contributed by atoms with Crippen LogP contribution in [0.4, 0.5) is 4.39 Å². The van der Waals surface area contributed by atoms with E-state index in [9.17, 15) is 9.18 Å². The van der Waals surface area contributed by atoms with E-state index in [4.69, 9.17) is 9.53 Å². The fourth-order valence-electron chi connectivity index (χ4n) is 3.06. The molecule has 0 bridgehead atoms. The largest absolute Gasteiger partial charge is 0.461 e. The van der Waals surface area contributed by atoms with Crippen molar-refractivity contribution in [2.75, 3.05) is 26.4 Å². The van der Waals surface area contributed by atoms with Crippen LogP contribution in [0.5, 0.6) is 5.75 Å². The maximum absolute atomic E-state index is 12.5. The number of ether oxygens (including phenoxy) is 1. The van der Waals surface area contributed by atoms with Gasteiger partial charge in [0.25, 0.3) is 0 Å². The highest BCUT2D eigenvalue weighted by Crippen LogP contribution is 2.16. The zero-order valence-electron chi connectivity index (χ0n) is 29.7. The van der Waals surface area contributed by atoms with E-state index < -0.39 is 6.36 Å². The third-order valence-electron chi connectivity index (χ3n) is 4.99. The molecule has 0 fully saturated rings. The molecule has 43 heavy (non-hydrogen) atoms. The Bertz CT molecular complexity index is 877. The fourth-order valence-corrected chi connectivity index (χ4v) is 3.97. The molecule has 2 N–H and O–H groups in total. The summed E-state index contributed by atoms with van der Waals surface area (Å²) >= 11 is 1.99. The van der Waals surface area contributed by atoms with E-state index in [0.29, 0.717) is 11.1 Å². The van der Waals surface area contributed by atoms with Gasteiger partial charge < -0.3 is 20.2 Å². The number of benzene rings is 2. The molecule has 250 valence electrons. The second-order valence-electron chi connectivity index (χ2n) is 9.97. The van der Waals surface area contributed by atoms with Gasteiger partial charge in [0.1, 0.15) is 18.3 Å². The minimum Gasteiger partial charge on any atom is -0.461 e. The summed E-state index contributed by atoms with van der Waals surface area (Å²) in [7, 11) is 4.04. The van der Waals surface area contributed by atoms with Gasteiger partial charge in [0, 0.05) is 12.5 Å². The molecule has 0 aromatic heterocycles. The standard InChI is InChI=1S/C11H15FO.C9H10O.C8H20N2S.C4H10.C2H4O.C2H6/c1-3-5-10-6-4-7-11(8-10)13-9(2)12;1-7-3-4-9(6-10)5-8(7)2;1-4-11-8(10-3)6-5-7-9-2;1-4(2)3;1-2-3;1-2/h4,6-9H,3,5H2,1-2H3;3-6H,1-2H3;8-10H,4-7H2,1-3H3;4H,1-3H3;2H,1H3;1-2H3. The molecule has 2 aromatic carbocycles. The highest BCUT2D eigenvalue weighted by atomic mass is 32.2. The summed E-state index contributed by atoms with van der Waals surface area (Å²) in [6.45, 7) is 22.8. The van der Waals surface area contributed by atoms with Gasteiger partial charge in [-0.3, -0.25) is 4.79 Å². The van der Waals surface area contributed by atoms with E-state index in [-0.39, 0.29) is 0 Å². The SMILES string of the molecule is CC.CC(C)C.CC=O.CCCc1cccc(OC(C)F)c1.CCSC(CCCNC)NC.Cc1ccc(C=O)cc1C. The lowest BCUT2D eigenvalue weighted by Gasteiger charge is -2.13. The molecule has 2 rings (SSSR count).